The number of methoxy groups -OCH3 is 1. The van der Waals surface area contributed by atoms with Crippen molar-refractivity contribution in [3.05, 3.63) is 52.0 Å². The Hall–Kier alpha value is -1.43. The normalized spacial score (nSPS) is 15.5. The van der Waals surface area contributed by atoms with Crippen LogP contribution in [-0.4, -0.2) is 18.8 Å². The summed E-state index contributed by atoms with van der Waals surface area (Å²) >= 11 is 1.53. The highest BCUT2D eigenvalue weighted by molar-refractivity contribution is 7.10. The van der Waals surface area contributed by atoms with Crippen LogP contribution in [0.2, 0.25) is 0 Å². The van der Waals surface area contributed by atoms with Crippen LogP contribution in [0.4, 0.5) is 4.39 Å². The van der Waals surface area contributed by atoms with Crippen LogP contribution < -0.4 is 10.1 Å². The molecule has 0 aliphatic heterocycles. The Balaban J connectivity index is 2.03. The van der Waals surface area contributed by atoms with Gasteiger partial charge in [0.05, 0.1) is 7.11 Å². The maximum atomic E-state index is 13.4. The number of hydrogen-bond donors (Lipinski definition) is 2. The Morgan fingerprint density at radius 3 is 2.81 bits per heavy atom. The molecule has 0 aliphatic rings. The highest BCUT2D eigenvalue weighted by atomic mass is 32.1. The molecule has 2 aromatic rings. The molecule has 3 nitrogen and oxygen atoms in total. The SMILES string of the molecule is COc1cc(C(C)NCC(C)(O)c2cccs2)ccc1F. The average molecular weight is 309 g/mol. The van der Waals surface area contributed by atoms with Crippen LogP contribution in [-0.2, 0) is 5.60 Å². The summed E-state index contributed by atoms with van der Waals surface area (Å²) in [5.41, 5.74) is -0.0118. The fourth-order valence-electron chi connectivity index (χ4n) is 2.09. The predicted molar refractivity (Wildman–Crippen MR) is 83.3 cm³/mol. The molecule has 1 aromatic carbocycles. The minimum atomic E-state index is -0.924. The van der Waals surface area contributed by atoms with E-state index in [1.165, 1.54) is 24.5 Å². The molecule has 2 unspecified atom stereocenters. The zero-order chi connectivity index (χ0) is 15.5. The molecule has 0 fully saturated rings. The molecule has 0 spiro atoms. The average Bonchev–Trinajstić information content (AvgIpc) is 3.00. The van der Waals surface area contributed by atoms with Crippen LogP contribution in [0, 0.1) is 5.82 Å². The number of aliphatic hydroxyl groups is 1. The zero-order valence-corrected chi connectivity index (χ0v) is 13.2. The smallest absolute Gasteiger partial charge is 0.165 e. The van der Waals surface area contributed by atoms with Gasteiger partial charge in [-0.15, -0.1) is 11.3 Å². The van der Waals surface area contributed by atoms with Crippen LogP contribution in [0.5, 0.6) is 5.75 Å². The van der Waals surface area contributed by atoms with E-state index in [1.54, 1.807) is 19.1 Å². The van der Waals surface area contributed by atoms with Gasteiger partial charge >= 0.3 is 0 Å². The third kappa shape index (κ3) is 3.81. The molecule has 0 radical (unpaired) electrons. The van der Waals surface area contributed by atoms with Crippen LogP contribution in [0.25, 0.3) is 0 Å². The molecule has 114 valence electrons. The standard InChI is InChI=1S/C16H20FNO2S/c1-11(12-6-7-13(17)14(9-12)20-3)18-10-16(2,19)15-5-4-8-21-15/h4-9,11,18-19H,10H2,1-3H3. The Bertz CT molecular complexity index is 584. The lowest BCUT2D eigenvalue weighted by Gasteiger charge is -2.25. The molecule has 0 bridgehead atoms. The van der Waals surface area contributed by atoms with Gasteiger partial charge in [-0.1, -0.05) is 12.1 Å². The van der Waals surface area contributed by atoms with Crippen LogP contribution in [0.15, 0.2) is 35.7 Å². The van der Waals surface area contributed by atoms with E-state index in [1.807, 2.05) is 24.4 Å². The lowest BCUT2D eigenvalue weighted by atomic mass is 10.0. The molecule has 2 N–H and O–H groups in total. The lowest BCUT2D eigenvalue weighted by Crippen LogP contribution is -2.36. The summed E-state index contributed by atoms with van der Waals surface area (Å²) in [6.45, 7) is 4.16. The van der Waals surface area contributed by atoms with E-state index >= 15 is 0 Å². The van der Waals surface area contributed by atoms with Crippen molar-refractivity contribution in [1.29, 1.82) is 0 Å². The molecule has 1 aromatic heterocycles. The first kappa shape index (κ1) is 15.9. The van der Waals surface area contributed by atoms with E-state index in [2.05, 4.69) is 5.32 Å². The highest BCUT2D eigenvalue weighted by Gasteiger charge is 2.24. The minimum Gasteiger partial charge on any atom is -0.494 e. The number of halogens is 1. The number of hydrogen-bond acceptors (Lipinski definition) is 4. The van der Waals surface area contributed by atoms with Gasteiger partial charge in [-0.25, -0.2) is 4.39 Å². The monoisotopic (exact) mass is 309 g/mol. The minimum absolute atomic E-state index is 0.0223. The van der Waals surface area contributed by atoms with Crippen molar-refractivity contribution < 1.29 is 14.2 Å². The molecule has 1 heterocycles. The van der Waals surface area contributed by atoms with Gasteiger partial charge in [0.1, 0.15) is 5.60 Å². The van der Waals surface area contributed by atoms with Crippen molar-refractivity contribution in [3.63, 3.8) is 0 Å². The van der Waals surface area contributed by atoms with Gasteiger partial charge in [0, 0.05) is 17.5 Å². The van der Waals surface area contributed by atoms with Crippen LogP contribution in [0.1, 0.15) is 30.3 Å². The van der Waals surface area contributed by atoms with Gasteiger partial charge in [-0.2, -0.15) is 0 Å². The predicted octanol–water partition coefficient (Wildman–Crippen LogP) is 3.45. The summed E-state index contributed by atoms with van der Waals surface area (Å²) in [5, 5.41) is 15.7. The summed E-state index contributed by atoms with van der Waals surface area (Å²) in [4.78, 5) is 0.916. The van der Waals surface area contributed by atoms with Gasteiger partial charge in [0.15, 0.2) is 11.6 Å². The van der Waals surface area contributed by atoms with Crippen molar-refractivity contribution in [2.75, 3.05) is 13.7 Å². The third-order valence-electron chi connectivity index (χ3n) is 3.48. The highest BCUT2D eigenvalue weighted by Crippen LogP contribution is 2.26. The molecular weight excluding hydrogens is 289 g/mol. The van der Waals surface area contributed by atoms with Crippen molar-refractivity contribution >= 4 is 11.3 Å². The second-order valence-electron chi connectivity index (χ2n) is 5.25. The van der Waals surface area contributed by atoms with E-state index in [4.69, 9.17) is 4.74 Å². The lowest BCUT2D eigenvalue weighted by molar-refractivity contribution is 0.0581. The molecule has 0 saturated heterocycles. The topological polar surface area (TPSA) is 41.5 Å². The van der Waals surface area contributed by atoms with Crippen molar-refractivity contribution in [3.8, 4) is 5.75 Å². The number of rotatable bonds is 6. The van der Waals surface area contributed by atoms with Gasteiger partial charge in [-0.3, -0.25) is 0 Å². The Morgan fingerprint density at radius 1 is 1.43 bits per heavy atom. The first-order chi connectivity index (χ1) is 9.94. The maximum absolute atomic E-state index is 13.4. The molecule has 2 atom stereocenters. The number of thiophene rings is 1. The van der Waals surface area contributed by atoms with Gasteiger partial charge < -0.3 is 15.2 Å². The molecule has 0 aliphatic carbocycles. The summed E-state index contributed by atoms with van der Waals surface area (Å²) in [5.74, 6) is -0.148. The molecule has 0 saturated carbocycles. The van der Waals surface area contributed by atoms with Crippen LogP contribution >= 0.6 is 11.3 Å². The zero-order valence-electron chi connectivity index (χ0n) is 12.4. The Morgan fingerprint density at radius 2 is 2.19 bits per heavy atom. The van der Waals surface area contributed by atoms with E-state index in [0.29, 0.717) is 6.54 Å². The van der Waals surface area contributed by atoms with E-state index in [9.17, 15) is 9.50 Å². The van der Waals surface area contributed by atoms with Crippen LogP contribution in [0.3, 0.4) is 0 Å². The quantitative estimate of drug-likeness (QED) is 0.859. The molecule has 21 heavy (non-hydrogen) atoms. The summed E-state index contributed by atoms with van der Waals surface area (Å²) in [7, 11) is 1.45. The summed E-state index contributed by atoms with van der Waals surface area (Å²) < 4.78 is 18.4. The number of nitrogens with one attached hydrogen (secondary N) is 1. The molecule has 0 amide bonds. The molecular formula is C16H20FNO2S. The third-order valence-corrected chi connectivity index (χ3v) is 4.60. The van der Waals surface area contributed by atoms with E-state index < -0.39 is 5.60 Å². The van der Waals surface area contributed by atoms with Gasteiger partial charge in [0.25, 0.3) is 0 Å². The Kier molecular flexibility index (Phi) is 4.98. The fraction of sp³-hybridized carbons (Fsp3) is 0.375. The van der Waals surface area contributed by atoms with Gasteiger partial charge in [0.2, 0.25) is 0 Å². The second kappa shape index (κ2) is 6.56. The number of benzene rings is 1. The first-order valence-corrected chi connectivity index (χ1v) is 7.65. The van der Waals surface area contributed by atoms with Crippen molar-refractivity contribution in [2.45, 2.75) is 25.5 Å². The molecule has 5 heteroatoms. The molecule has 2 rings (SSSR count). The van der Waals surface area contributed by atoms with Crippen molar-refractivity contribution in [1.82, 2.24) is 5.32 Å². The summed E-state index contributed by atoms with van der Waals surface area (Å²) in [6, 6.07) is 8.60. The van der Waals surface area contributed by atoms with E-state index in [-0.39, 0.29) is 17.6 Å². The fourth-order valence-corrected chi connectivity index (χ4v) is 2.87. The number of ether oxygens (including phenoxy) is 1. The van der Waals surface area contributed by atoms with Crippen molar-refractivity contribution in [2.24, 2.45) is 0 Å². The first-order valence-electron chi connectivity index (χ1n) is 6.77. The summed E-state index contributed by atoms with van der Waals surface area (Å²) in [6.07, 6.45) is 0. The van der Waals surface area contributed by atoms with Gasteiger partial charge in [-0.05, 0) is 43.0 Å². The Labute approximate surface area is 128 Å². The largest absolute Gasteiger partial charge is 0.494 e. The second-order valence-corrected chi connectivity index (χ2v) is 6.20. The maximum Gasteiger partial charge on any atom is 0.165 e. The van der Waals surface area contributed by atoms with E-state index in [0.717, 1.165) is 10.4 Å².